The summed E-state index contributed by atoms with van der Waals surface area (Å²) in [5.41, 5.74) is 8.22. The molecule has 1 amide bonds. The van der Waals surface area contributed by atoms with Crippen LogP contribution in [0, 0.1) is 0 Å². The van der Waals surface area contributed by atoms with Crippen molar-refractivity contribution < 1.29 is 23.8 Å². The number of benzene rings is 3. The summed E-state index contributed by atoms with van der Waals surface area (Å²) in [4.78, 5) is 31.6. The maximum Gasteiger partial charge on any atom is 0.409 e. The van der Waals surface area contributed by atoms with Gasteiger partial charge in [-0.1, -0.05) is 24.3 Å². The predicted octanol–water partition coefficient (Wildman–Crippen LogP) is 4.70. The van der Waals surface area contributed by atoms with Crippen LogP contribution in [-0.2, 0) is 0 Å². The van der Waals surface area contributed by atoms with Gasteiger partial charge in [0.25, 0.3) is 0 Å². The Morgan fingerprint density at radius 2 is 1.72 bits per heavy atom. The fraction of sp³-hybridized carbons (Fsp3) is 0.0870. The summed E-state index contributed by atoms with van der Waals surface area (Å²) in [5, 5.41) is 0. The molecule has 0 aliphatic carbocycles. The minimum Gasteiger partial charge on any atom is -0.493 e. The monoisotopic (exact) mass is 495 g/mol. The lowest BCUT2D eigenvalue weighted by Crippen LogP contribution is -2.16. The average molecular weight is 496 g/mol. The summed E-state index contributed by atoms with van der Waals surface area (Å²) in [6.07, 6.45) is -0.883. The van der Waals surface area contributed by atoms with Crippen molar-refractivity contribution in [1.29, 1.82) is 0 Å². The molecule has 0 saturated heterocycles. The standard InChI is InChI=1S/C23H18BrN3O5/c1-30-19-10-14(9-16(24)21(19)31-2)20(28)12-3-5-13(6-4-12)22-26-17-8-7-15(32-23(25)29)11-18(17)27-22/h3-11H,1-2H3,(H2,25,29)(H,26,27). The zero-order valence-electron chi connectivity index (χ0n) is 17.1. The largest absolute Gasteiger partial charge is 0.493 e. The quantitative estimate of drug-likeness (QED) is 0.374. The van der Waals surface area contributed by atoms with Crippen molar-refractivity contribution >= 4 is 38.8 Å². The van der Waals surface area contributed by atoms with E-state index < -0.39 is 6.09 Å². The molecule has 4 aromatic rings. The highest BCUT2D eigenvalue weighted by Gasteiger charge is 2.17. The highest BCUT2D eigenvalue weighted by molar-refractivity contribution is 9.10. The highest BCUT2D eigenvalue weighted by Crippen LogP contribution is 2.37. The number of nitrogens with two attached hydrogens (primary N) is 1. The van der Waals surface area contributed by atoms with Crippen molar-refractivity contribution in [2.45, 2.75) is 0 Å². The number of aromatic amines is 1. The van der Waals surface area contributed by atoms with Gasteiger partial charge in [0, 0.05) is 22.8 Å². The van der Waals surface area contributed by atoms with Gasteiger partial charge in [0.1, 0.15) is 11.6 Å². The van der Waals surface area contributed by atoms with E-state index in [2.05, 4.69) is 25.9 Å². The lowest BCUT2D eigenvalue weighted by atomic mass is 10.0. The first-order valence-corrected chi connectivity index (χ1v) is 10.2. The van der Waals surface area contributed by atoms with Gasteiger partial charge in [-0.2, -0.15) is 0 Å². The second kappa shape index (κ2) is 8.72. The van der Waals surface area contributed by atoms with E-state index in [0.29, 0.717) is 49.7 Å². The van der Waals surface area contributed by atoms with Gasteiger partial charge in [0.2, 0.25) is 0 Å². The van der Waals surface area contributed by atoms with Gasteiger partial charge in [-0.25, -0.2) is 9.78 Å². The van der Waals surface area contributed by atoms with E-state index in [1.165, 1.54) is 14.2 Å². The molecule has 162 valence electrons. The molecule has 0 saturated carbocycles. The van der Waals surface area contributed by atoms with Crippen LogP contribution in [0.25, 0.3) is 22.4 Å². The number of fused-ring (bicyclic) bond motifs is 1. The molecule has 32 heavy (non-hydrogen) atoms. The third kappa shape index (κ3) is 4.15. The van der Waals surface area contributed by atoms with Crippen molar-refractivity contribution in [3.05, 3.63) is 70.2 Å². The van der Waals surface area contributed by atoms with Crippen LogP contribution in [0.2, 0.25) is 0 Å². The third-order valence-corrected chi connectivity index (χ3v) is 5.38. The number of rotatable bonds is 6. The summed E-state index contributed by atoms with van der Waals surface area (Å²) in [6.45, 7) is 0. The number of carbonyl (C=O) groups is 2. The van der Waals surface area contributed by atoms with Crippen LogP contribution in [0.3, 0.4) is 0 Å². The van der Waals surface area contributed by atoms with Crippen LogP contribution < -0.4 is 19.9 Å². The number of imidazole rings is 1. The molecule has 4 rings (SSSR count). The maximum absolute atomic E-state index is 13.0. The number of nitrogens with zero attached hydrogens (tertiary/aromatic N) is 1. The average Bonchev–Trinajstić information content (AvgIpc) is 3.21. The Morgan fingerprint density at radius 3 is 2.38 bits per heavy atom. The van der Waals surface area contributed by atoms with Crippen molar-refractivity contribution in [3.63, 3.8) is 0 Å². The normalized spacial score (nSPS) is 10.7. The van der Waals surface area contributed by atoms with Gasteiger partial charge < -0.3 is 24.9 Å². The summed E-state index contributed by atoms with van der Waals surface area (Å²) in [5.74, 6) is 1.76. The van der Waals surface area contributed by atoms with E-state index in [0.717, 1.165) is 5.56 Å². The highest BCUT2D eigenvalue weighted by atomic mass is 79.9. The number of amides is 1. The molecule has 0 unspecified atom stereocenters. The smallest absolute Gasteiger partial charge is 0.409 e. The maximum atomic E-state index is 13.0. The van der Waals surface area contributed by atoms with Crippen LogP contribution >= 0.6 is 15.9 Å². The molecule has 0 aliphatic heterocycles. The summed E-state index contributed by atoms with van der Waals surface area (Å²) < 4.78 is 16.1. The number of halogens is 1. The second-order valence-corrected chi connectivity index (χ2v) is 7.64. The number of ketones is 1. The number of carbonyl (C=O) groups excluding carboxylic acids is 2. The Bertz CT molecular complexity index is 1330. The summed E-state index contributed by atoms with van der Waals surface area (Å²) >= 11 is 3.41. The van der Waals surface area contributed by atoms with Crippen LogP contribution in [0.1, 0.15) is 15.9 Å². The first-order valence-electron chi connectivity index (χ1n) is 9.43. The molecule has 0 aliphatic rings. The van der Waals surface area contributed by atoms with Crippen molar-refractivity contribution in [2.24, 2.45) is 5.73 Å². The molecule has 0 spiro atoms. The molecule has 1 aromatic heterocycles. The molecule has 3 N–H and O–H groups in total. The topological polar surface area (TPSA) is 117 Å². The van der Waals surface area contributed by atoms with Crippen molar-refractivity contribution in [1.82, 2.24) is 9.97 Å². The number of primary amides is 1. The Labute approximate surface area is 191 Å². The van der Waals surface area contributed by atoms with E-state index in [1.54, 1.807) is 42.5 Å². The van der Waals surface area contributed by atoms with Crippen molar-refractivity contribution in [3.8, 4) is 28.6 Å². The van der Waals surface area contributed by atoms with Crippen LogP contribution in [0.4, 0.5) is 4.79 Å². The first-order chi connectivity index (χ1) is 15.4. The minimum atomic E-state index is -0.883. The van der Waals surface area contributed by atoms with E-state index in [-0.39, 0.29) is 5.78 Å². The Kier molecular flexibility index (Phi) is 5.83. The number of hydrogen-bond acceptors (Lipinski definition) is 6. The molecule has 9 heteroatoms. The van der Waals surface area contributed by atoms with Crippen LogP contribution in [-0.4, -0.2) is 36.1 Å². The molecule has 0 atom stereocenters. The molecule has 0 radical (unpaired) electrons. The Hall–Kier alpha value is -3.85. The van der Waals surface area contributed by atoms with Gasteiger partial charge in [0.05, 0.1) is 29.7 Å². The van der Waals surface area contributed by atoms with Gasteiger partial charge in [0.15, 0.2) is 17.3 Å². The molecule has 0 bridgehead atoms. The zero-order valence-corrected chi connectivity index (χ0v) is 18.7. The number of aromatic nitrogens is 2. The second-order valence-electron chi connectivity index (χ2n) is 6.79. The van der Waals surface area contributed by atoms with Gasteiger partial charge in [-0.3, -0.25) is 4.79 Å². The number of H-pyrrole nitrogens is 1. The zero-order chi connectivity index (χ0) is 22.8. The first kappa shape index (κ1) is 21.4. The van der Waals surface area contributed by atoms with E-state index in [9.17, 15) is 9.59 Å². The molecular weight excluding hydrogens is 478 g/mol. The number of methoxy groups -OCH3 is 2. The summed E-state index contributed by atoms with van der Waals surface area (Å²) in [7, 11) is 3.05. The fourth-order valence-electron chi connectivity index (χ4n) is 3.30. The number of hydrogen-bond donors (Lipinski definition) is 2. The lowest BCUT2D eigenvalue weighted by molar-refractivity contribution is 0.103. The molecular formula is C23H18BrN3O5. The van der Waals surface area contributed by atoms with Crippen molar-refractivity contribution in [2.75, 3.05) is 14.2 Å². The number of ether oxygens (including phenoxy) is 3. The summed E-state index contributed by atoms with van der Waals surface area (Å²) in [6, 6.07) is 15.4. The van der Waals surface area contributed by atoms with Crippen LogP contribution in [0.5, 0.6) is 17.2 Å². The predicted molar refractivity (Wildman–Crippen MR) is 122 cm³/mol. The fourth-order valence-corrected chi connectivity index (χ4v) is 3.90. The minimum absolute atomic E-state index is 0.156. The van der Waals surface area contributed by atoms with E-state index in [4.69, 9.17) is 19.9 Å². The molecule has 8 nitrogen and oxygen atoms in total. The van der Waals surface area contributed by atoms with Gasteiger partial charge in [-0.15, -0.1) is 0 Å². The van der Waals surface area contributed by atoms with Gasteiger partial charge >= 0.3 is 6.09 Å². The molecule has 0 fully saturated rings. The molecule has 3 aromatic carbocycles. The lowest BCUT2D eigenvalue weighted by Gasteiger charge is -2.11. The molecule has 1 heterocycles. The third-order valence-electron chi connectivity index (χ3n) is 4.79. The van der Waals surface area contributed by atoms with E-state index in [1.807, 2.05) is 12.1 Å². The number of nitrogens with one attached hydrogen (secondary N) is 1. The Balaban J connectivity index is 1.61. The van der Waals surface area contributed by atoms with E-state index >= 15 is 0 Å². The Morgan fingerprint density at radius 1 is 0.969 bits per heavy atom. The SMILES string of the molecule is COc1cc(C(=O)c2ccc(-c3nc4ccc(OC(N)=O)cc4[nH]3)cc2)cc(Br)c1OC. The van der Waals surface area contributed by atoms with Gasteiger partial charge in [-0.05, 0) is 40.2 Å². The van der Waals surface area contributed by atoms with Crippen LogP contribution in [0.15, 0.2) is 59.1 Å².